The van der Waals surface area contributed by atoms with Gasteiger partial charge in [-0.3, -0.25) is 9.69 Å². The molecule has 10 nitrogen and oxygen atoms in total. The number of nitrogens with zero attached hydrogens (tertiary/aromatic N) is 5. The molecule has 2 N–H and O–H groups in total. The minimum absolute atomic E-state index is 0.00881. The highest BCUT2D eigenvalue weighted by atomic mass is 79.9. The fourth-order valence-corrected chi connectivity index (χ4v) is 7.54. The number of aryl methyl sites for hydroxylation is 1. The summed E-state index contributed by atoms with van der Waals surface area (Å²) in [5.41, 5.74) is 4.10. The summed E-state index contributed by atoms with van der Waals surface area (Å²) >= 11 is 3.58. The molecule has 0 aliphatic carbocycles. The second-order valence-corrected chi connectivity index (χ2v) is 14.0. The molecule has 2 aromatic carbocycles. The Morgan fingerprint density at radius 3 is 2.31 bits per heavy atom. The number of likely N-dealkylation sites (tertiary alicyclic amines) is 2. The molecule has 3 saturated heterocycles. The Hall–Kier alpha value is -3.15. The van der Waals surface area contributed by atoms with Gasteiger partial charge in [-0.15, -0.1) is 0 Å². The topological polar surface area (TPSA) is 91.5 Å². The molecule has 45 heavy (non-hydrogen) atoms. The number of hydrogen-bond donors (Lipinski definition) is 2. The van der Waals surface area contributed by atoms with Gasteiger partial charge in [0.2, 0.25) is 5.91 Å². The van der Waals surface area contributed by atoms with Gasteiger partial charge in [0.1, 0.15) is 6.04 Å². The van der Waals surface area contributed by atoms with Crippen LogP contribution in [0.5, 0.6) is 0 Å². The van der Waals surface area contributed by atoms with Crippen molar-refractivity contribution in [1.82, 2.24) is 29.8 Å². The number of nitrogens with one attached hydrogen (secondary N) is 2. The van der Waals surface area contributed by atoms with Gasteiger partial charge >= 0.3 is 12.1 Å². The molecule has 0 radical (unpaired) electrons. The second-order valence-electron chi connectivity index (χ2n) is 13.1. The van der Waals surface area contributed by atoms with E-state index in [9.17, 15) is 14.4 Å². The van der Waals surface area contributed by atoms with Gasteiger partial charge in [0, 0.05) is 74.5 Å². The summed E-state index contributed by atoms with van der Waals surface area (Å²) in [5, 5.41) is 6.14. The molecule has 3 fully saturated rings. The van der Waals surface area contributed by atoms with Gasteiger partial charge in [-0.05, 0) is 81.6 Å². The maximum Gasteiger partial charge on any atom is 0.322 e. The quantitative estimate of drug-likeness (QED) is 0.479. The van der Waals surface area contributed by atoms with Crippen LogP contribution in [0.3, 0.4) is 0 Å². The van der Waals surface area contributed by atoms with Gasteiger partial charge in [0.25, 0.3) is 0 Å². The van der Waals surface area contributed by atoms with Crippen molar-refractivity contribution in [3.8, 4) is 0 Å². The van der Waals surface area contributed by atoms with Gasteiger partial charge in [-0.25, -0.2) is 9.59 Å². The van der Waals surface area contributed by atoms with E-state index in [4.69, 9.17) is 0 Å². The van der Waals surface area contributed by atoms with E-state index >= 15 is 0 Å². The van der Waals surface area contributed by atoms with Gasteiger partial charge in [-0.2, -0.15) is 0 Å². The van der Waals surface area contributed by atoms with Crippen molar-refractivity contribution in [3.05, 3.63) is 63.6 Å². The summed E-state index contributed by atoms with van der Waals surface area (Å²) in [6, 6.07) is 13.7. The van der Waals surface area contributed by atoms with E-state index in [1.54, 1.807) is 4.90 Å². The van der Waals surface area contributed by atoms with Gasteiger partial charge in [0.05, 0.1) is 0 Å². The van der Waals surface area contributed by atoms with E-state index < -0.39 is 6.04 Å². The Bertz CT molecular complexity index is 1380. The molecule has 4 aliphatic heterocycles. The third-order valence-corrected chi connectivity index (χ3v) is 11.0. The molecule has 4 heterocycles. The van der Waals surface area contributed by atoms with E-state index in [1.807, 2.05) is 53.1 Å². The number of hydrogen-bond acceptors (Lipinski definition) is 5. The molecule has 5 amide bonds. The van der Waals surface area contributed by atoms with E-state index in [-0.39, 0.29) is 24.0 Å². The molecule has 1 unspecified atom stereocenters. The number of benzene rings is 2. The zero-order valence-electron chi connectivity index (χ0n) is 26.5. The maximum atomic E-state index is 14.0. The van der Waals surface area contributed by atoms with Crippen LogP contribution in [-0.4, -0.2) is 120 Å². The number of para-hydroxylation sites is 1. The van der Waals surface area contributed by atoms with Crippen molar-refractivity contribution in [2.75, 3.05) is 64.7 Å². The molecule has 11 heteroatoms. The molecule has 6 rings (SSSR count). The van der Waals surface area contributed by atoms with Crippen LogP contribution in [0.2, 0.25) is 0 Å². The first kappa shape index (κ1) is 31.8. The van der Waals surface area contributed by atoms with Crippen LogP contribution in [0, 0.1) is 6.92 Å². The number of urea groups is 2. The van der Waals surface area contributed by atoms with Gasteiger partial charge < -0.3 is 30.2 Å². The standard InChI is InChI=1S/C34H46BrN7O3/c1-24-21-25(7-8-29(24)35)22-31(32(43)40-19-17-39(18-20-40)27-9-13-38(2)14-10-27)37-33(44)41-15-11-28(12-16-41)42-23-26-5-3-4-6-30(26)36-34(42)45/h3-8,21,27-28,31H,9-20,22-23H2,1-2H3,(H,36,45)(H,37,44). The number of piperazine rings is 1. The largest absolute Gasteiger partial charge is 0.338 e. The molecule has 0 bridgehead atoms. The fourth-order valence-electron chi connectivity index (χ4n) is 7.30. The van der Waals surface area contributed by atoms with Crippen molar-refractivity contribution in [2.45, 2.75) is 63.7 Å². The summed E-state index contributed by atoms with van der Waals surface area (Å²) in [7, 11) is 2.18. The molecular weight excluding hydrogens is 634 g/mol. The maximum absolute atomic E-state index is 14.0. The number of anilines is 1. The number of halogens is 1. The highest BCUT2D eigenvalue weighted by Gasteiger charge is 2.35. The molecular formula is C34H46BrN7O3. The van der Waals surface area contributed by atoms with E-state index in [0.29, 0.717) is 58.0 Å². The first-order valence-electron chi connectivity index (χ1n) is 16.4. The Morgan fingerprint density at radius 2 is 1.60 bits per heavy atom. The lowest BCUT2D eigenvalue weighted by molar-refractivity contribution is -0.135. The SMILES string of the molecule is Cc1cc(CC(NC(=O)N2CCC(N3Cc4ccccc4NC3=O)CC2)C(=O)N2CCN(C3CCN(C)CC3)CC2)ccc1Br. The number of carbonyl (C=O) groups excluding carboxylic acids is 3. The molecule has 1 atom stereocenters. The smallest absolute Gasteiger partial charge is 0.322 e. The van der Waals surface area contributed by atoms with Crippen LogP contribution in [0.15, 0.2) is 46.9 Å². The monoisotopic (exact) mass is 679 g/mol. The van der Waals surface area contributed by atoms with E-state index in [1.165, 1.54) is 12.8 Å². The Kier molecular flexibility index (Phi) is 9.96. The van der Waals surface area contributed by atoms with Gasteiger partial charge in [0.15, 0.2) is 0 Å². The van der Waals surface area contributed by atoms with Crippen molar-refractivity contribution in [2.24, 2.45) is 0 Å². The van der Waals surface area contributed by atoms with Crippen molar-refractivity contribution < 1.29 is 14.4 Å². The molecule has 0 saturated carbocycles. The fraction of sp³-hybridized carbons (Fsp3) is 0.559. The number of fused-ring (bicyclic) bond motifs is 1. The third kappa shape index (κ3) is 7.47. The lowest BCUT2D eigenvalue weighted by Crippen LogP contribution is -2.59. The lowest BCUT2D eigenvalue weighted by Gasteiger charge is -2.43. The summed E-state index contributed by atoms with van der Waals surface area (Å²) in [6.07, 6.45) is 4.20. The van der Waals surface area contributed by atoms with Crippen molar-refractivity contribution >= 4 is 39.6 Å². The molecule has 2 aromatic rings. The van der Waals surface area contributed by atoms with Gasteiger partial charge in [-0.1, -0.05) is 46.3 Å². The van der Waals surface area contributed by atoms with Crippen molar-refractivity contribution in [1.29, 1.82) is 0 Å². The van der Waals surface area contributed by atoms with Crippen LogP contribution in [0.25, 0.3) is 0 Å². The Morgan fingerprint density at radius 1 is 0.911 bits per heavy atom. The Labute approximate surface area is 275 Å². The number of rotatable bonds is 6. The minimum Gasteiger partial charge on any atom is -0.338 e. The number of amides is 5. The number of piperidine rings is 2. The second kappa shape index (κ2) is 14.1. The highest BCUT2D eigenvalue weighted by molar-refractivity contribution is 9.10. The molecule has 4 aliphatic rings. The van der Waals surface area contributed by atoms with Crippen LogP contribution >= 0.6 is 15.9 Å². The van der Waals surface area contributed by atoms with E-state index in [0.717, 1.165) is 53.0 Å². The zero-order chi connectivity index (χ0) is 31.5. The Balaban J connectivity index is 1.07. The predicted octanol–water partition coefficient (Wildman–Crippen LogP) is 4.13. The van der Waals surface area contributed by atoms with Crippen LogP contribution in [-0.2, 0) is 17.8 Å². The van der Waals surface area contributed by atoms with Crippen LogP contribution in [0.1, 0.15) is 42.4 Å². The van der Waals surface area contributed by atoms with Crippen molar-refractivity contribution in [3.63, 3.8) is 0 Å². The normalized spacial score (nSPS) is 21.3. The minimum atomic E-state index is -0.643. The van der Waals surface area contributed by atoms with Crippen LogP contribution < -0.4 is 10.6 Å². The molecule has 0 aromatic heterocycles. The summed E-state index contributed by atoms with van der Waals surface area (Å²) in [4.78, 5) is 51.1. The zero-order valence-corrected chi connectivity index (χ0v) is 28.1. The highest BCUT2D eigenvalue weighted by Crippen LogP contribution is 2.28. The number of carbonyl (C=O) groups is 3. The van der Waals surface area contributed by atoms with Crippen LogP contribution in [0.4, 0.5) is 15.3 Å². The first-order chi connectivity index (χ1) is 21.7. The summed E-state index contributed by atoms with van der Waals surface area (Å²) in [5.74, 6) is -0.00881. The predicted molar refractivity (Wildman–Crippen MR) is 179 cm³/mol. The molecule has 0 spiro atoms. The third-order valence-electron chi connectivity index (χ3n) is 10.1. The average Bonchev–Trinajstić information content (AvgIpc) is 3.06. The summed E-state index contributed by atoms with van der Waals surface area (Å²) in [6.45, 7) is 9.06. The summed E-state index contributed by atoms with van der Waals surface area (Å²) < 4.78 is 1.02. The molecule has 242 valence electrons. The van der Waals surface area contributed by atoms with E-state index in [2.05, 4.69) is 49.5 Å². The average molecular weight is 681 g/mol. The first-order valence-corrected chi connectivity index (χ1v) is 17.2. The lowest BCUT2D eigenvalue weighted by atomic mass is 10.0.